The van der Waals surface area contributed by atoms with Crippen molar-refractivity contribution in [2.75, 3.05) is 7.11 Å². The molecule has 0 spiro atoms. The van der Waals surface area contributed by atoms with Gasteiger partial charge in [0.05, 0.1) is 18.0 Å². The van der Waals surface area contributed by atoms with Gasteiger partial charge in [-0.2, -0.15) is 4.98 Å². The van der Waals surface area contributed by atoms with Crippen LogP contribution in [0.15, 0.2) is 6.33 Å². The van der Waals surface area contributed by atoms with Gasteiger partial charge < -0.3 is 4.74 Å². The monoisotopic (exact) mass is 239 g/mol. The molecule has 0 N–H and O–H groups in total. The number of carbonyl (C=O) groups is 1. The van der Waals surface area contributed by atoms with E-state index in [2.05, 4.69) is 9.97 Å². The van der Waals surface area contributed by atoms with Crippen molar-refractivity contribution in [2.24, 2.45) is 0 Å². The second kappa shape index (κ2) is 5.33. The van der Waals surface area contributed by atoms with Gasteiger partial charge in [0.2, 0.25) is 0 Å². The average molecular weight is 239 g/mol. The fourth-order valence-corrected chi connectivity index (χ4v) is 1.62. The molecule has 0 radical (unpaired) electrons. The lowest BCUT2D eigenvalue weighted by Gasteiger charge is -2.11. The lowest BCUT2D eigenvalue weighted by atomic mass is 9.97. The number of ketones is 1. The molecule has 17 heavy (non-hydrogen) atoms. The smallest absolute Gasteiger partial charge is 0.352 e. The highest BCUT2D eigenvalue weighted by molar-refractivity contribution is 5.84. The van der Waals surface area contributed by atoms with Gasteiger partial charge >= 0.3 is 5.69 Å². The molecule has 1 aromatic heterocycles. The van der Waals surface area contributed by atoms with Gasteiger partial charge in [0.25, 0.3) is 5.88 Å². The van der Waals surface area contributed by atoms with Crippen molar-refractivity contribution < 1.29 is 14.5 Å². The number of Topliss-reactive ketones (excluding diaryl/α,β-unsaturated/α-hetero) is 1. The zero-order valence-electron chi connectivity index (χ0n) is 9.84. The molecule has 0 saturated carbocycles. The average Bonchev–Trinajstić information content (AvgIpc) is 2.28. The molecule has 92 valence electrons. The standard InChI is InChI=1S/C10H13N3O4/c1-4-7(6(2)14)8-9(13(15)16)10(17-3)12-5-11-8/h5,7H,4H2,1-3H3. The number of hydrogen-bond acceptors (Lipinski definition) is 6. The summed E-state index contributed by atoms with van der Waals surface area (Å²) < 4.78 is 4.82. The van der Waals surface area contributed by atoms with E-state index in [-0.39, 0.29) is 23.0 Å². The summed E-state index contributed by atoms with van der Waals surface area (Å²) >= 11 is 0. The van der Waals surface area contributed by atoms with Crippen LogP contribution in [0.2, 0.25) is 0 Å². The Morgan fingerprint density at radius 1 is 1.59 bits per heavy atom. The largest absolute Gasteiger partial charge is 0.476 e. The Hall–Kier alpha value is -2.05. The van der Waals surface area contributed by atoms with Crippen molar-refractivity contribution in [1.82, 2.24) is 9.97 Å². The lowest BCUT2D eigenvalue weighted by molar-refractivity contribution is -0.387. The Labute approximate surface area is 98.0 Å². The molecule has 0 fully saturated rings. The summed E-state index contributed by atoms with van der Waals surface area (Å²) in [5, 5.41) is 11.0. The third-order valence-electron chi connectivity index (χ3n) is 2.42. The van der Waals surface area contributed by atoms with E-state index in [0.29, 0.717) is 6.42 Å². The van der Waals surface area contributed by atoms with Gasteiger partial charge in [-0.15, -0.1) is 0 Å². The van der Waals surface area contributed by atoms with Crippen LogP contribution in [0.1, 0.15) is 31.9 Å². The van der Waals surface area contributed by atoms with E-state index in [1.54, 1.807) is 6.92 Å². The maximum absolute atomic E-state index is 11.4. The molecule has 0 aromatic carbocycles. The molecular weight excluding hydrogens is 226 g/mol. The summed E-state index contributed by atoms with van der Waals surface area (Å²) in [5.41, 5.74) is -0.228. The first-order chi connectivity index (χ1) is 8.02. The summed E-state index contributed by atoms with van der Waals surface area (Å²) in [6, 6.07) is 0. The Balaban J connectivity index is 3.41. The summed E-state index contributed by atoms with van der Waals surface area (Å²) in [4.78, 5) is 29.3. The third-order valence-corrected chi connectivity index (χ3v) is 2.42. The van der Waals surface area contributed by atoms with Gasteiger partial charge in [-0.25, -0.2) is 4.98 Å². The van der Waals surface area contributed by atoms with Crippen molar-refractivity contribution in [3.63, 3.8) is 0 Å². The first-order valence-electron chi connectivity index (χ1n) is 5.06. The highest BCUT2D eigenvalue weighted by Crippen LogP contribution is 2.33. The van der Waals surface area contributed by atoms with Crippen LogP contribution in [-0.4, -0.2) is 27.8 Å². The summed E-state index contributed by atoms with van der Waals surface area (Å²) in [6.07, 6.45) is 1.60. The number of ether oxygens (including phenoxy) is 1. The van der Waals surface area contributed by atoms with Crippen molar-refractivity contribution in [2.45, 2.75) is 26.2 Å². The second-order valence-corrected chi connectivity index (χ2v) is 3.45. The van der Waals surface area contributed by atoms with Gasteiger partial charge in [0, 0.05) is 0 Å². The van der Waals surface area contributed by atoms with Gasteiger partial charge in [0.1, 0.15) is 17.8 Å². The van der Waals surface area contributed by atoms with Crippen molar-refractivity contribution in [3.8, 4) is 5.88 Å². The summed E-state index contributed by atoms with van der Waals surface area (Å²) in [7, 11) is 1.29. The maximum Gasteiger partial charge on any atom is 0.352 e. The minimum Gasteiger partial charge on any atom is -0.476 e. The molecule has 1 heterocycles. The summed E-state index contributed by atoms with van der Waals surface area (Å²) in [5.74, 6) is -0.900. The number of carbonyl (C=O) groups excluding carboxylic acids is 1. The van der Waals surface area contributed by atoms with E-state index in [0.717, 1.165) is 6.33 Å². The van der Waals surface area contributed by atoms with E-state index in [1.165, 1.54) is 14.0 Å². The lowest BCUT2D eigenvalue weighted by Crippen LogP contribution is -2.13. The second-order valence-electron chi connectivity index (χ2n) is 3.45. The highest BCUT2D eigenvalue weighted by atomic mass is 16.6. The quantitative estimate of drug-likeness (QED) is 0.570. The molecule has 1 rings (SSSR count). The molecule has 0 aliphatic rings. The minimum absolute atomic E-state index is 0.108. The molecular formula is C10H13N3O4. The Morgan fingerprint density at radius 2 is 2.24 bits per heavy atom. The molecule has 7 heteroatoms. The number of aromatic nitrogens is 2. The predicted molar refractivity (Wildman–Crippen MR) is 59.0 cm³/mol. The molecule has 0 amide bonds. The van der Waals surface area contributed by atoms with E-state index in [1.807, 2.05) is 0 Å². The number of methoxy groups -OCH3 is 1. The highest BCUT2D eigenvalue weighted by Gasteiger charge is 2.30. The summed E-state index contributed by atoms with van der Waals surface area (Å²) in [6.45, 7) is 3.15. The molecule has 0 bridgehead atoms. The molecule has 7 nitrogen and oxygen atoms in total. The van der Waals surface area contributed by atoms with Crippen molar-refractivity contribution in [3.05, 3.63) is 22.1 Å². The maximum atomic E-state index is 11.4. The van der Waals surface area contributed by atoms with Crippen LogP contribution in [0.5, 0.6) is 5.88 Å². The SMILES string of the molecule is CCC(C(C)=O)c1ncnc(OC)c1[N+](=O)[O-]. The molecule has 0 aliphatic carbocycles. The molecule has 0 aliphatic heterocycles. The van der Waals surface area contributed by atoms with E-state index in [4.69, 9.17) is 4.74 Å². The third kappa shape index (κ3) is 2.55. The fourth-order valence-electron chi connectivity index (χ4n) is 1.62. The Kier molecular flexibility index (Phi) is 4.08. The van der Waals surface area contributed by atoms with Crippen LogP contribution in [0.4, 0.5) is 5.69 Å². The number of rotatable bonds is 5. The van der Waals surface area contributed by atoms with Gasteiger partial charge in [0.15, 0.2) is 0 Å². The van der Waals surface area contributed by atoms with Crippen LogP contribution >= 0.6 is 0 Å². The molecule has 1 aromatic rings. The van der Waals surface area contributed by atoms with Crippen LogP contribution in [0, 0.1) is 10.1 Å². The minimum atomic E-state index is -0.625. The normalized spacial score (nSPS) is 11.9. The first-order valence-corrected chi connectivity index (χ1v) is 5.06. The topological polar surface area (TPSA) is 95.2 Å². The van der Waals surface area contributed by atoms with E-state index >= 15 is 0 Å². The van der Waals surface area contributed by atoms with Gasteiger partial charge in [-0.05, 0) is 13.3 Å². The Morgan fingerprint density at radius 3 is 2.65 bits per heavy atom. The number of hydrogen-bond donors (Lipinski definition) is 0. The first kappa shape index (κ1) is 13.0. The van der Waals surface area contributed by atoms with Crippen LogP contribution < -0.4 is 4.74 Å². The van der Waals surface area contributed by atoms with E-state index < -0.39 is 10.8 Å². The van der Waals surface area contributed by atoms with Crippen LogP contribution in [0.3, 0.4) is 0 Å². The van der Waals surface area contributed by atoms with E-state index in [9.17, 15) is 14.9 Å². The molecule has 1 unspecified atom stereocenters. The predicted octanol–water partition coefficient (Wildman–Crippen LogP) is 1.48. The van der Waals surface area contributed by atoms with Gasteiger partial charge in [-0.3, -0.25) is 14.9 Å². The van der Waals surface area contributed by atoms with Gasteiger partial charge in [-0.1, -0.05) is 6.92 Å². The van der Waals surface area contributed by atoms with Crippen LogP contribution in [0.25, 0.3) is 0 Å². The fraction of sp³-hybridized carbons (Fsp3) is 0.500. The van der Waals surface area contributed by atoms with Crippen LogP contribution in [-0.2, 0) is 4.79 Å². The molecule has 1 atom stereocenters. The Bertz CT molecular complexity index is 447. The zero-order chi connectivity index (χ0) is 13.0. The number of nitrogens with zero attached hydrogens (tertiary/aromatic N) is 3. The zero-order valence-corrected chi connectivity index (χ0v) is 9.84. The molecule has 0 saturated heterocycles. The number of nitro groups is 1. The van der Waals surface area contributed by atoms with Crippen molar-refractivity contribution in [1.29, 1.82) is 0 Å². The van der Waals surface area contributed by atoms with Crippen molar-refractivity contribution >= 4 is 11.5 Å².